The largest absolute Gasteiger partial charge is 0.320 e. The van der Waals surface area contributed by atoms with Gasteiger partial charge in [-0.1, -0.05) is 0 Å². The molecular formula is C9H16N4O2S. The second kappa shape index (κ2) is 4.50. The van der Waals surface area contributed by atoms with Crippen LogP contribution in [0.2, 0.25) is 0 Å². The molecule has 1 unspecified atom stereocenters. The number of hydrogen-bond donors (Lipinski definition) is 1. The Morgan fingerprint density at radius 1 is 1.62 bits per heavy atom. The third-order valence-corrected chi connectivity index (χ3v) is 4.68. The highest BCUT2D eigenvalue weighted by Crippen LogP contribution is 2.17. The topological polar surface area (TPSA) is 76.9 Å². The first kappa shape index (κ1) is 11.5. The van der Waals surface area contributed by atoms with Crippen LogP contribution >= 0.6 is 0 Å². The van der Waals surface area contributed by atoms with E-state index in [2.05, 4.69) is 15.5 Å². The zero-order valence-corrected chi connectivity index (χ0v) is 10.1. The van der Waals surface area contributed by atoms with Crippen LogP contribution in [-0.4, -0.2) is 41.2 Å². The summed E-state index contributed by atoms with van der Waals surface area (Å²) in [5, 5.41) is 10.9. The summed E-state index contributed by atoms with van der Waals surface area (Å²) in [7, 11) is -0.875. The minimum Gasteiger partial charge on any atom is -0.320 e. The minimum atomic E-state index is -2.76. The van der Waals surface area contributed by atoms with Crippen LogP contribution in [0.1, 0.15) is 12.2 Å². The Labute approximate surface area is 95.0 Å². The van der Waals surface area contributed by atoms with Crippen LogP contribution in [0, 0.1) is 5.92 Å². The first-order valence-electron chi connectivity index (χ1n) is 5.31. The number of aromatic nitrogens is 3. The number of sulfone groups is 1. The van der Waals surface area contributed by atoms with E-state index in [0.717, 1.165) is 18.8 Å². The van der Waals surface area contributed by atoms with E-state index in [1.165, 1.54) is 0 Å². The van der Waals surface area contributed by atoms with E-state index in [-0.39, 0.29) is 5.92 Å². The van der Waals surface area contributed by atoms with Gasteiger partial charge in [-0.25, -0.2) is 8.42 Å². The van der Waals surface area contributed by atoms with E-state index in [9.17, 15) is 8.42 Å². The van der Waals surface area contributed by atoms with Crippen molar-refractivity contribution in [2.75, 3.05) is 18.1 Å². The lowest BCUT2D eigenvalue weighted by Crippen LogP contribution is -2.24. The molecule has 2 rings (SSSR count). The van der Waals surface area contributed by atoms with Gasteiger partial charge in [0.25, 0.3) is 0 Å². The lowest BCUT2D eigenvalue weighted by atomic mass is 10.1. The van der Waals surface area contributed by atoms with Crippen LogP contribution in [0.4, 0.5) is 0 Å². The summed E-state index contributed by atoms with van der Waals surface area (Å²) in [5.41, 5.74) is 0. The van der Waals surface area contributed by atoms with Crippen molar-refractivity contribution in [3.05, 3.63) is 12.2 Å². The van der Waals surface area contributed by atoms with Gasteiger partial charge in [0.2, 0.25) is 0 Å². The van der Waals surface area contributed by atoms with Crippen molar-refractivity contribution in [2.24, 2.45) is 13.0 Å². The second-order valence-corrected chi connectivity index (χ2v) is 6.49. The number of rotatable bonds is 4. The quantitative estimate of drug-likeness (QED) is 0.761. The summed E-state index contributed by atoms with van der Waals surface area (Å²) in [6.45, 7) is 1.36. The van der Waals surface area contributed by atoms with Crippen molar-refractivity contribution in [1.82, 2.24) is 20.1 Å². The van der Waals surface area contributed by atoms with Crippen molar-refractivity contribution in [3.8, 4) is 0 Å². The van der Waals surface area contributed by atoms with Crippen molar-refractivity contribution in [3.63, 3.8) is 0 Å². The molecule has 1 saturated heterocycles. The van der Waals surface area contributed by atoms with Crippen molar-refractivity contribution >= 4 is 9.84 Å². The molecule has 1 aliphatic heterocycles. The van der Waals surface area contributed by atoms with Crippen LogP contribution in [0.15, 0.2) is 6.33 Å². The van der Waals surface area contributed by atoms with Crippen LogP contribution in [0.3, 0.4) is 0 Å². The normalized spacial score (nSPS) is 23.7. The number of aryl methyl sites for hydroxylation is 1. The van der Waals surface area contributed by atoms with Crippen molar-refractivity contribution < 1.29 is 8.42 Å². The van der Waals surface area contributed by atoms with Crippen LogP contribution < -0.4 is 5.32 Å². The van der Waals surface area contributed by atoms with Gasteiger partial charge >= 0.3 is 0 Å². The zero-order chi connectivity index (χ0) is 11.6. The molecule has 1 aliphatic rings. The van der Waals surface area contributed by atoms with E-state index in [1.54, 1.807) is 6.33 Å². The van der Waals surface area contributed by atoms with Gasteiger partial charge in [0.1, 0.15) is 12.2 Å². The molecule has 90 valence electrons. The lowest BCUT2D eigenvalue weighted by molar-refractivity contribution is 0.509. The average Bonchev–Trinajstić information content (AvgIpc) is 2.74. The van der Waals surface area contributed by atoms with E-state index in [1.807, 2.05) is 11.6 Å². The van der Waals surface area contributed by atoms with E-state index in [0.29, 0.717) is 18.1 Å². The monoisotopic (exact) mass is 244 g/mol. The van der Waals surface area contributed by atoms with E-state index >= 15 is 0 Å². The molecule has 7 heteroatoms. The lowest BCUT2D eigenvalue weighted by Gasteiger charge is -2.08. The van der Waals surface area contributed by atoms with E-state index < -0.39 is 9.84 Å². The number of nitrogens with zero attached hydrogens (tertiary/aromatic N) is 3. The molecule has 0 amide bonds. The molecule has 1 atom stereocenters. The first-order valence-corrected chi connectivity index (χ1v) is 7.13. The molecule has 0 aromatic carbocycles. The van der Waals surface area contributed by atoms with Gasteiger partial charge in [0.05, 0.1) is 18.1 Å². The third-order valence-electron chi connectivity index (χ3n) is 2.85. The molecule has 2 heterocycles. The molecule has 0 bridgehead atoms. The molecule has 0 spiro atoms. The van der Waals surface area contributed by atoms with Crippen molar-refractivity contribution in [1.29, 1.82) is 0 Å². The second-order valence-electron chi connectivity index (χ2n) is 4.26. The predicted molar refractivity (Wildman–Crippen MR) is 59.5 cm³/mol. The number of nitrogens with one attached hydrogen (secondary N) is 1. The summed E-state index contributed by atoms with van der Waals surface area (Å²) >= 11 is 0. The maximum absolute atomic E-state index is 11.2. The van der Waals surface area contributed by atoms with Gasteiger partial charge in [-0.2, -0.15) is 0 Å². The summed E-state index contributed by atoms with van der Waals surface area (Å²) in [5.74, 6) is 1.77. The fourth-order valence-electron chi connectivity index (χ4n) is 1.89. The first-order chi connectivity index (χ1) is 7.57. The Bertz CT molecular complexity index is 454. The zero-order valence-electron chi connectivity index (χ0n) is 9.26. The highest BCUT2D eigenvalue weighted by molar-refractivity contribution is 7.91. The van der Waals surface area contributed by atoms with E-state index in [4.69, 9.17) is 0 Å². The van der Waals surface area contributed by atoms with Gasteiger partial charge in [-0.05, 0) is 18.9 Å². The molecule has 6 nitrogen and oxygen atoms in total. The summed E-state index contributed by atoms with van der Waals surface area (Å²) < 4.78 is 24.3. The third kappa shape index (κ3) is 2.79. The van der Waals surface area contributed by atoms with Crippen LogP contribution in [0.25, 0.3) is 0 Å². The van der Waals surface area contributed by atoms with Gasteiger partial charge in [-0.3, -0.25) is 0 Å². The molecule has 0 radical (unpaired) electrons. The molecule has 1 N–H and O–H groups in total. The van der Waals surface area contributed by atoms with Gasteiger partial charge in [0, 0.05) is 7.05 Å². The smallest absolute Gasteiger partial charge is 0.150 e. The summed E-state index contributed by atoms with van der Waals surface area (Å²) in [6.07, 6.45) is 2.42. The van der Waals surface area contributed by atoms with Gasteiger partial charge < -0.3 is 9.88 Å². The molecule has 1 fully saturated rings. The van der Waals surface area contributed by atoms with Crippen LogP contribution in [-0.2, 0) is 23.4 Å². The molecule has 1 aromatic heterocycles. The Balaban J connectivity index is 1.75. The highest BCUT2D eigenvalue weighted by atomic mass is 32.2. The Morgan fingerprint density at radius 2 is 2.44 bits per heavy atom. The molecule has 0 aliphatic carbocycles. The maximum atomic E-state index is 11.2. The maximum Gasteiger partial charge on any atom is 0.150 e. The number of hydrogen-bond acceptors (Lipinski definition) is 5. The molecule has 1 aromatic rings. The SMILES string of the molecule is Cn1cnnc1CNCC1CCS(=O)(=O)C1. The molecule has 0 saturated carbocycles. The Kier molecular flexibility index (Phi) is 3.25. The molecular weight excluding hydrogens is 228 g/mol. The summed E-state index contributed by atoms with van der Waals surface area (Å²) in [6, 6.07) is 0. The summed E-state index contributed by atoms with van der Waals surface area (Å²) in [4.78, 5) is 0. The van der Waals surface area contributed by atoms with Crippen molar-refractivity contribution in [2.45, 2.75) is 13.0 Å². The minimum absolute atomic E-state index is 0.248. The van der Waals surface area contributed by atoms with Gasteiger partial charge in [0.15, 0.2) is 9.84 Å². The fraction of sp³-hybridized carbons (Fsp3) is 0.778. The fourth-order valence-corrected chi connectivity index (χ4v) is 3.75. The predicted octanol–water partition coefficient (Wildman–Crippen LogP) is -0.661. The average molecular weight is 244 g/mol. The van der Waals surface area contributed by atoms with Gasteiger partial charge in [-0.15, -0.1) is 10.2 Å². The Hall–Kier alpha value is -0.950. The Morgan fingerprint density at radius 3 is 3.00 bits per heavy atom. The standard InChI is InChI=1S/C9H16N4O2S/c1-13-7-11-12-9(13)5-10-4-8-2-3-16(14,15)6-8/h7-8,10H,2-6H2,1H3. The molecule has 16 heavy (non-hydrogen) atoms. The van der Waals surface area contributed by atoms with Crippen LogP contribution in [0.5, 0.6) is 0 Å². The highest BCUT2D eigenvalue weighted by Gasteiger charge is 2.27.